The molecule has 0 amide bonds. The van der Waals surface area contributed by atoms with Gasteiger partial charge in [0.25, 0.3) is 0 Å². The Bertz CT molecular complexity index is 562. The van der Waals surface area contributed by atoms with Crippen LogP contribution in [-0.2, 0) is 0 Å². The van der Waals surface area contributed by atoms with Gasteiger partial charge in [-0.25, -0.2) is 9.37 Å². The quantitative estimate of drug-likeness (QED) is 0.874. The van der Waals surface area contributed by atoms with Crippen LogP contribution in [0.2, 0.25) is 0 Å². The van der Waals surface area contributed by atoms with Crippen LogP contribution in [-0.4, -0.2) is 16.5 Å². The van der Waals surface area contributed by atoms with Crippen LogP contribution in [0.5, 0.6) is 0 Å². The Hall–Kier alpha value is -1.69. The maximum Gasteiger partial charge on any atom is 0.151 e. The molecule has 0 atom stereocenters. The summed E-state index contributed by atoms with van der Waals surface area (Å²) in [6.45, 7) is 2.93. The summed E-state index contributed by atoms with van der Waals surface area (Å²) < 4.78 is 13.6. The highest BCUT2D eigenvalue weighted by atomic mass is 79.9. The Kier molecular flexibility index (Phi) is 4.68. The highest BCUT2D eigenvalue weighted by Gasteiger charge is 2.04. The van der Waals surface area contributed by atoms with E-state index in [1.54, 1.807) is 18.5 Å². The van der Waals surface area contributed by atoms with E-state index in [1.165, 1.54) is 12.1 Å². The van der Waals surface area contributed by atoms with Crippen molar-refractivity contribution in [2.75, 3.05) is 17.2 Å². The lowest BCUT2D eigenvalue weighted by molar-refractivity contribution is 0.627. The van der Waals surface area contributed by atoms with Crippen molar-refractivity contribution < 1.29 is 4.39 Å². The van der Waals surface area contributed by atoms with Crippen LogP contribution in [0.25, 0.3) is 0 Å². The van der Waals surface area contributed by atoms with E-state index in [2.05, 4.69) is 43.5 Å². The highest BCUT2D eigenvalue weighted by molar-refractivity contribution is 9.10. The third-order valence-electron chi connectivity index (χ3n) is 2.38. The second kappa shape index (κ2) is 6.47. The first kappa shape index (κ1) is 13.7. The van der Waals surface area contributed by atoms with Gasteiger partial charge in [0.05, 0.1) is 18.1 Å². The molecule has 0 aliphatic rings. The summed E-state index contributed by atoms with van der Waals surface area (Å²) in [5.41, 5.74) is 0.739. The van der Waals surface area contributed by atoms with Gasteiger partial charge in [0.1, 0.15) is 11.6 Å². The fourth-order valence-corrected chi connectivity index (χ4v) is 1.94. The Labute approximate surface area is 119 Å². The number of rotatable bonds is 5. The standard InChI is InChI=1S/C13H14BrFN4/c1-2-5-17-12-7-16-8-13(19-12)18-11-4-3-9(15)6-10(11)14/h3-4,6-8H,2,5H2,1H3,(H2,17,18,19). The van der Waals surface area contributed by atoms with Gasteiger partial charge in [-0.05, 0) is 40.5 Å². The zero-order valence-electron chi connectivity index (χ0n) is 10.5. The molecule has 0 unspecified atom stereocenters. The fourth-order valence-electron chi connectivity index (χ4n) is 1.49. The smallest absolute Gasteiger partial charge is 0.151 e. The first-order valence-electron chi connectivity index (χ1n) is 5.97. The van der Waals surface area contributed by atoms with Crippen molar-refractivity contribution in [1.82, 2.24) is 9.97 Å². The lowest BCUT2D eigenvalue weighted by Gasteiger charge is -2.09. The second-order valence-electron chi connectivity index (χ2n) is 3.97. The lowest BCUT2D eigenvalue weighted by atomic mass is 10.3. The number of halogens is 2. The number of anilines is 3. The molecular formula is C13H14BrFN4. The minimum atomic E-state index is -0.290. The van der Waals surface area contributed by atoms with Crippen LogP contribution >= 0.6 is 15.9 Å². The molecule has 2 rings (SSSR count). The van der Waals surface area contributed by atoms with Crippen LogP contribution in [0.4, 0.5) is 21.7 Å². The molecule has 0 aliphatic carbocycles. The minimum Gasteiger partial charge on any atom is -0.369 e. The number of benzene rings is 1. The van der Waals surface area contributed by atoms with Gasteiger partial charge in [-0.1, -0.05) is 6.92 Å². The van der Waals surface area contributed by atoms with E-state index in [1.807, 2.05) is 0 Å². The Morgan fingerprint density at radius 2 is 2.05 bits per heavy atom. The van der Waals surface area contributed by atoms with Crippen LogP contribution in [0.1, 0.15) is 13.3 Å². The zero-order valence-corrected chi connectivity index (χ0v) is 12.0. The summed E-state index contributed by atoms with van der Waals surface area (Å²) in [7, 11) is 0. The normalized spacial score (nSPS) is 10.3. The predicted octanol–water partition coefficient (Wildman–Crippen LogP) is 3.94. The van der Waals surface area contributed by atoms with E-state index in [0.717, 1.165) is 18.7 Å². The maximum absolute atomic E-state index is 13.0. The molecule has 1 aromatic heterocycles. The van der Waals surface area contributed by atoms with E-state index in [4.69, 9.17) is 0 Å². The average Bonchev–Trinajstić information content (AvgIpc) is 2.40. The van der Waals surface area contributed by atoms with E-state index >= 15 is 0 Å². The molecule has 0 bridgehead atoms. The molecular weight excluding hydrogens is 311 g/mol. The Morgan fingerprint density at radius 1 is 1.26 bits per heavy atom. The number of aromatic nitrogens is 2. The molecule has 1 heterocycles. The average molecular weight is 325 g/mol. The van der Waals surface area contributed by atoms with Crippen molar-refractivity contribution in [3.8, 4) is 0 Å². The molecule has 2 N–H and O–H groups in total. The molecule has 0 aliphatic heterocycles. The summed E-state index contributed by atoms with van der Waals surface area (Å²) in [6, 6.07) is 4.43. The largest absolute Gasteiger partial charge is 0.369 e. The van der Waals surface area contributed by atoms with Crippen LogP contribution in [0.3, 0.4) is 0 Å². The van der Waals surface area contributed by atoms with Crippen molar-refractivity contribution >= 4 is 33.3 Å². The van der Waals surface area contributed by atoms with Crippen molar-refractivity contribution in [1.29, 1.82) is 0 Å². The molecule has 0 saturated carbocycles. The first-order valence-corrected chi connectivity index (χ1v) is 6.76. The predicted molar refractivity (Wildman–Crippen MR) is 78.2 cm³/mol. The molecule has 6 heteroatoms. The van der Waals surface area contributed by atoms with Gasteiger partial charge in [-0.3, -0.25) is 4.98 Å². The topological polar surface area (TPSA) is 49.8 Å². The molecule has 0 radical (unpaired) electrons. The van der Waals surface area contributed by atoms with Crippen molar-refractivity contribution in [2.24, 2.45) is 0 Å². The van der Waals surface area contributed by atoms with E-state index in [9.17, 15) is 4.39 Å². The number of nitrogens with zero attached hydrogens (tertiary/aromatic N) is 2. The third kappa shape index (κ3) is 3.89. The van der Waals surface area contributed by atoms with Gasteiger partial charge in [0, 0.05) is 11.0 Å². The van der Waals surface area contributed by atoms with Crippen molar-refractivity contribution in [3.63, 3.8) is 0 Å². The molecule has 0 saturated heterocycles. The molecule has 0 fully saturated rings. The molecule has 100 valence electrons. The fraction of sp³-hybridized carbons (Fsp3) is 0.231. The third-order valence-corrected chi connectivity index (χ3v) is 3.04. The number of hydrogen-bond donors (Lipinski definition) is 2. The van der Waals surface area contributed by atoms with Crippen LogP contribution in [0.15, 0.2) is 35.1 Å². The van der Waals surface area contributed by atoms with Gasteiger partial charge < -0.3 is 10.6 Å². The summed E-state index contributed by atoms with van der Waals surface area (Å²) in [5, 5.41) is 6.25. The monoisotopic (exact) mass is 324 g/mol. The minimum absolute atomic E-state index is 0.290. The summed E-state index contributed by atoms with van der Waals surface area (Å²) in [5.74, 6) is 1.03. The van der Waals surface area contributed by atoms with Gasteiger partial charge in [-0.2, -0.15) is 0 Å². The first-order chi connectivity index (χ1) is 9.19. The number of hydrogen-bond acceptors (Lipinski definition) is 4. The van der Waals surface area contributed by atoms with E-state index < -0.39 is 0 Å². The second-order valence-corrected chi connectivity index (χ2v) is 4.82. The van der Waals surface area contributed by atoms with Crippen LogP contribution < -0.4 is 10.6 Å². The van der Waals surface area contributed by atoms with Gasteiger partial charge >= 0.3 is 0 Å². The highest BCUT2D eigenvalue weighted by Crippen LogP contribution is 2.25. The Morgan fingerprint density at radius 3 is 2.79 bits per heavy atom. The molecule has 4 nitrogen and oxygen atoms in total. The maximum atomic E-state index is 13.0. The van der Waals surface area contributed by atoms with Crippen LogP contribution in [0, 0.1) is 5.82 Å². The number of nitrogens with one attached hydrogen (secondary N) is 2. The lowest BCUT2D eigenvalue weighted by Crippen LogP contribution is -2.04. The molecule has 2 aromatic rings. The van der Waals surface area contributed by atoms with Crippen molar-refractivity contribution in [3.05, 3.63) is 40.9 Å². The van der Waals surface area contributed by atoms with Gasteiger partial charge in [0.2, 0.25) is 0 Å². The molecule has 1 aromatic carbocycles. The zero-order chi connectivity index (χ0) is 13.7. The summed E-state index contributed by atoms with van der Waals surface area (Å²) in [4.78, 5) is 8.47. The van der Waals surface area contributed by atoms with E-state index in [0.29, 0.717) is 16.1 Å². The summed E-state index contributed by atoms with van der Waals surface area (Å²) >= 11 is 3.30. The van der Waals surface area contributed by atoms with Gasteiger partial charge in [0.15, 0.2) is 5.82 Å². The Balaban J connectivity index is 2.14. The van der Waals surface area contributed by atoms with Crippen molar-refractivity contribution in [2.45, 2.75) is 13.3 Å². The summed E-state index contributed by atoms with van der Waals surface area (Å²) in [6.07, 6.45) is 4.30. The SMILES string of the molecule is CCCNc1cncc(Nc2ccc(F)cc2Br)n1. The molecule has 19 heavy (non-hydrogen) atoms. The molecule has 0 spiro atoms. The van der Waals surface area contributed by atoms with Gasteiger partial charge in [-0.15, -0.1) is 0 Å². The van der Waals surface area contributed by atoms with E-state index in [-0.39, 0.29) is 5.82 Å².